The predicted octanol–water partition coefficient (Wildman–Crippen LogP) is 4.17. The van der Waals surface area contributed by atoms with E-state index >= 15 is 0 Å². The third kappa shape index (κ3) is 3.89. The van der Waals surface area contributed by atoms with Crippen LogP contribution in [-0.2, 0) is 4.79 Å². The van der Waals surface area contributed by atoms with Gasteiger partial charge in [-0.2, -0.15) is 0 Å². The lowest BCUT2D eigenvalue weighted by molar-refractivity contribution is -0.113. The van der Waals surface area contributed by atoms with Gasteiger partial charge in [0, 0.05) is 19.8 Å². The van der Waals surface area contributed by atoms with Crippen LogP contribution in [0.25, 0.3) is 6.08 Å². The molecule has 0 bridgehead atoms. The van der Waals surface area contributed by atoms with Crippen LogP contribution in [0.5, 0.6) is 0 Å². The molecule has 1 fully saturated rings. The Balaban J connectivity index is 1.93. The molecule has 0 aromatic heterocycles. The molecule has 0 radical (unpaired) electrons. The molecule has 7 heteroatoms. The number of anilines is 2. The fourth-order valence-corrected chi connectivity index (χ4v) is 3.96. The molecule has 1 saturated heterocycles. The first-order chi connectivity index (χ1) is 12.8. The molecule has 0 atom stereocenters. The van der Waals surface area contributed by atoms with Gasteiger partial charge in [-0.05, 0) is 48.4 Å². The van der Waals surface area contributed by atoms with Crippen LogP contribution >= 0.6 is 24.0 Å². The fraction of sp³-hybridized carbons (Fsp3) is 0.150. The molecule has 1 amide bonds. The summed E-state index contributed by atoms with van der Waals surface area (Å²) in [6, 6.07) is 12.5. The second-order valence-electron chi connectivity index (χ2n) is 6.31. The van der Waals surface area contributed by atoms with Crippen molar-refractivity contribution in [2.45, 2.75) is 6.92 Å². The van der Waals surface area contributed by atoms with E-state index in [0.717, 1.165) is 16.8 Å². The van der Waals surface area contributed by atoms with Gasteiger partial charge in [0.05, 0.1) is 16.2 Å². The Hall–Kier alpha value is -2.64. The molecular formula is C20H18N2O3S2. The van der Waals surface area contributed by atoms with Crippen LogP contribution in [0, 0.1) is 6.92 Å². The SMILES string of the molecule is Cc1ccc(C(=O)O)cc1N1C(=O)/C(=C/c2ccc(N(C)C)cc2)SC1=S. The van der Waals surface area contributed by atoms with Crippen molar-refractivity contribution in [3.63, 3.8) is 0 Å². The Bertz CT molecular complexity index is 966. The van der Waals surface area contributed by atoms with Crippen LogP contribution in [0.15, 0.2) is 47.4 Å². The number of carbonyl (C=O) groups excluding carboxylic acids is 1. The number of carbonyl (C=O) groups is 2. The lowest BCUT2D eigenvalue weighted by Gasteiger charge is -2.17. The summed E-state index contributed by atoms with van der Waals surface area (Å²) in [7, 11) is 3.93. The number of nitrogens with zero attached hydrogens (tertiary/aromatic N) is 2. The van der Waals surface area contributed by atoms with Gasteiger partial charge in [0.15, 0.2) is 4.32 Å². The van der Waals surface area contributed by atoms with Gasteiger partial charge in [-0.3, -0.25) is 9.69 Å². The Morgan fingerprint density at radius 1 is 1.19 bits per heavy atom. The van der Waals surface area contributed by atoms with Crippen LogP contribution in [0.4, 0.5) is 11.4 Å². The van der Waals surface area contributed by atoms with E-state index in [-0.39, 0.29) is 11.5 Å². The number of rotatable bonds is 4. The highest BCUT2D eigenvalue weighted by Crippen LogP contribution is 2.37. The standard InChI is InChI=1S/C20H18N2O3S2/c1-12-4-7-14(19(24)25)11-16(12)22-18(23)17(27-20(22)26)10-13-5-8-15(9-6-13)21(2)3/h4-11H,1-3H3,(H,24,25)/b17-10-. The molecule has 2 aromatic rings. The molecule has 1 N–H and O–H groups in total. The Morgan fingerprint density at radius 3 is 2.44 bits per heavy atom. The highest BCUT2D eigenvalue weighted by molar-refractivity contribution is 8.27. The third-order valence-electron chi connectivity index (χ3n) is 4.20. The highest BCUT2D eigenvalue weighted by Gasteiger charge is 2.34. The molecule has 0 saturated carbocycles. The number of carboxylic acid groups (broad SMARTS) is 1. The van der Waals surface area contributed by atoms with Crippen molar-refractivity contribution in [3.05, 3.63) is 64.1 Å². The monoisotopic (exact) mass is 398 g/mol. The summed E-state index contributed by atoms with van der Waals surface area (Å²) in [4.78, 5) is 28.1. The third-order valence-corrected chi connectivity index (χ3v) is 5.50. The summed E-state index contributed by atoms with van der Waals surface area (Å²) in [5.74, 6) is -1.29. The number of amides is 1. The van der Waals surface area contributed by atoms with Crippen molar-refractivity contribution in [2.24, 2.45) is 0 Å². The van der Waals surface area contributed by atoms with Crippen molar-refractivity contribution >= 4 is 57.6 Å². The van der Waals surface area contributed by atoms with Gasteiger partial charge in [-0.15, -0.1) is 0 Å². The zero-order chi connectivity index (χ0) is 19.7. The van der Waals surface area contributed by atoms with E-state index in [2.05, 4.69) is 0 Å². The van der Waals surface area contributed by atoms with Gasteiger partial charge in [-0.1, -0.05) is 42.2 Å². The average molecular weight is 399 g/mol. The molecule has 1 aliphatic rings. The summed E-state index contributed by atoms with van der Waals surface area (Å²) in [6.45, 7) is 1.82. The molecule has 1 aliphatic heterocycles. The summed E-state index contributed by atoms with van der Waals surface area (Å²) in [6.07, 6.45) is 1.80. The number of hydrogen-bond donors (Lipinski definition) is 1. The first-order valence-electron chi connectivity index (χ1n) is 8.17. The van der Waals surface area contributed by atoms with Crippen molar-refractivity contribution < 1.29 is 14.7 Å². The minimum Gasteiger partial charge on any atom is -0.478 e. The maximum atomic E-state index is 12.9. The molecule has 0 unspecified atom stereocenters. The Morgan fingerprint density at radius 2 is 1.85 bits per heavy atom. The number of thioether (sulfide) groups is 1. The quantitative estimate of drug-likeness (QED) is 0.616. The maximum Gasteiger partial charge on any atom is 0.335 e. The van der Waals surface area contributed by atoms with E-state index in [0.29, 0.717) is 14.9 Å². The molecule has 0 spiro atoms. The molecule has 3 rings (SSSR count). The van der Waals surface area contributed by atoms with Gasteiger partial charge < -0.3 is 10.0 Å². The number of hydrogen-bond acceptors (Lipinski definition) is 5. The second kappa shape index (κ2) is 7.54. The topological polar surface area (TPSA) is 60.9 Å². The first kappa shape index (κ1) is 19.1. The van der Waals surface area contributed by atoms with E-state index in [1.807, 2.05) is 50.2 Å². The van der Waals surface area contributed by atoms with E-state index in [1.54, 1.807) is 12.1 Å². The molecule has 2 aromatic carbocycles. The van der Waals surface area contributed by atoms with Crippen LogP contribution in [0.2, 0.25) is 0 Å². The molecule has 1 heterocycles. The largest absolute Gasteiger partial charge is 0.478 e. The number of carboxylic acids is 1. The summed E-state index contributed by atoms with van der Waals surface area (Å²) in [5, 5.41) is 9.23. The summed E-state index contributed by atoms with van der Waals surface area (Å²) in [5.41, 5.74) is 3.38. The summed E-state index contributed by atoms with van der Waals surface area (Å²) < 4.78 is 0.391. The van der Waals surface area contributed by atoms with Gasteiger partial charge in [0.1, 0.15) is 0 Å². The van der Waals surface area contributed by atoms with Crippen LogP contribution < -0.4 is 9.80 Å². The van der Waals surface area contributed by atoms with Crippen LogP contribution in [-0.4, -0.2) is 35.4 Å². The molecule has 27 heavy (non-hydrogen) atoms. The predicted molar refractivity (Wildman–Crippen MR) is 115 cm³/mol. The lowest BCUT2D eigenvalue weighted by atomic mass is 10.1. The molecule has 138 valence electrons. The minimum absolute atomic E-state index is 0.118. The minimum atomic E-state index is -1.04. The maximum absolute atomic E-state index is 12.9. The van der Waals surface area contributed by atoms with Crippen molar-refractivity contribution in [2.75, 3.05) is 23.9 Å². The zero-order valence-corrected chi connectivity index (χ0v) is 16.7. The second-order valence-corrected chi connectivity index (χ2v) is 7.99. The van der Waals surface area contributed by atoms with E-state index < -0.39 is 5.97 Å². The average Bonchev–Trinajstić information content (AvgIpc) is 2.89. The van der Waals surface area contributed by atoms with Crippen molar-refractivity contribution in [1.29, 1.82) is 0 Å². The Labute approximate surface area is 167 Å². The van der Waals surface area contributed by atoms with Crippen molar-refractivity contribution in [3.8, 4) is 0 Å². The van der Waals surface area contributed by atoms with E-state index in [4.69, 9.17) is 12.2 Å². The fourth-order valence-electron chi connectivity index (χ4n) is 2.68. The van der Waals surface area contributed by atoms with Crippen molar-refractivity contribution in [1.82, 2.24) is 0 Å². The van der Waals surface area contributed by atoms with E-state index in [9.17, 15) is 14.7 Å². The number of thiocarbonyl (C=S) groups is 1. The zero-order valence-electron chi connectivity index (χ0n) is 15.1. The molecular weight excluding hydrogens is 380 g/mol. The molecule has 0 aliphatic carbocycles. The van der Waals surface area contributed by atoms with Crippen LogP contribution in [0.1, 0.15) is 21.5 Å². The van der Waals surface area contributed by atoms with Gasteiger partial charge >= 0.3 is 5.97 Å². The first-order valence-corrected chi connectivity index (χ1v) is 9.39. The number of benzene rings is 2. The number of aromatic carboxylic acids is 1. The lowest BCUT2D eigenvalue weighted by Crippen LogP contribution is -2.28. The molecule has 5 nitrogen and oxygen atoms in total. The Kier molecular flexibility index (Phi) is 5.34. The van der Waals surface area contributed by atoms with Gasteiger partial charge in [-0.25, -0.2) is 4.79 Å². The number of aryl methyl sites for hydroxylation is 1. The smallest absolute Gasteiger partial charge is 0.335 e. The summed E-state index contributed by atoms with van der Waals surface area (Å²) >= 11 is 6.61. The van der Waals surface area contributed by atoms with Gasteiger partial charge in [0.25, 0.3) is 5.91 Å². The van der Waals surface area contributed by atoms with Crippen LogP contribution in [0.3, 0.4) is 0 Å². The van der Waals surface area contributed by atoms with Gasteiger partial charge in [0.2, 0.25) is 0 Å². The normalized spacial score (nSPS) is 15.5. The van der Waals surface area contributed by atoms with E-state index in [1.165, 1.54) is 28.8 Å². The highest BCUT2D eigenvalue weighted by atomic mass is 32.2.